The van der Waals surface area contributed by atoms with E-state index < -0.39 is 34.2 Å². The molecule has 0 saturated carbocycles. The Kier molecular flexibility index (Phi) is 7.61. The zero-order valence-electron chi connectivity index (χ0n) is 16.6. The number of benzene rings is 2. The largest absolute Gasteiger partial charge is 0.494 e. The summed E-state index contributed by atoms with van der Waals surface area (Å²) in [6, 6.07) is 5.95. The summed E-state index contributed by atoms with van der Waals surface area (Å²) >= 11 is 0. The lowest BCUT2D eigenvalue weighted by molar-refractivity contribution is -0.384. The molecule has 0 saturated heterocycles. The van der Waals surface area contributed by atoms with Crippen LogP contribution in [0.1, 0.15) is 11.1 Å². The number of hydrogen-bond donors (Lipinski definition) is 2. The van der Waals surface area contributed by atoms with Crippen molar-refractivity contribution < 1.29 is 32.0 Å². The van der Waals surface area contributed by atoms with Crippen LogP contribution in [0.4, 0.5) is 33.7 Å². The molecule has 0 aliphatic heterocycles. The Hall–Kier alpha value is -3.57. The summed E-state index contributed by atoms with van der Waals surface area (Å²) in [6.45, 7) is 0.186. The van der Waals surface area contributed by atoms with Crippen LogP contribution in [0, 0.1) is 15.9 Å². The van der Waals surface area contributed by atoms with E-state index in [1.54, 1.807) is 6.07 Å². The van der Waals surface area contributed by atoms with Gasteiger partial charge in [0.25, 0.3) is 5.69 Å². The van der Waals surface area contributed by atoms with Crippen molar-refractivity contribution >= 4 is 17.4 Å². The van der Waals surface area contributed by atoms with Crippen molar-refractivity contribution in [1.82, 2.24) is 10.2 Å². The first kappa shape index (κ1) is 23.7. The summed E-state index contributed by atoms with van der Waals surface area (Å²) in [5.41, 5.74) is -1.42. The van der Waals surface area contributed by atoms with Gasteiger partial charge in [-0.3, -0.25) is 10.1 Å². The van der Waals surface area contributed by atoms with Gasteiger partial charge < -0.3 is 20.3 Å². The Morgan fingerprint density at radius 1 is 1.19 bits per heavy atom. The van der Waals surface area contributed by atoms with E-state index in [0.29, 0.717) is 11.6 Å². The predicted octanol–water partition coefficient (Wildman–Crippen LogP) is 4.01. The maximum atomic E-state index is 13.7. The van der Waals surface area contributed by atoms with Crippen LogP contribution in [-0.2, 0) is 12.7 Å². The lowest BCUT2D eigenvalue weighted by Crippen LogP contribution is -2.39. The van der Waals surface area contributed by atoms with E-state index in [9.17, 15) is 32.5 Å². The summed E-state index contributed by atoms with van der Waals surface area (Å²) in [4.78, 5) is 23.6. The van der Waals surface area contributed by atoms with Crippen LogP contribution in [0.5, 0.6) is 5.75 Å². The number of nitrogens with one attached hydrogen (secondary N) is 2. The summed E-state index contributed by atoms with van der Waals surface area (Å²) in [7, 11) is 2.83. The number of nitrogens with zero attached hydrogens (tertiary/aromatic N) is 2. The van der Waals surface area contributed by atoms with Crippen molar-refractivity contribution in [2.24, 2.45) is 0 Å². The highest BCUT2D eigenvalue weighted by Gasteiger charge is 2.33. The number of nitro benzene ring substituents is 1. The molecule has 2 N–H and O–H groups in total. The van der Waals surface area contributed by atoms with Crippen molar-refractivity contribution in [3.8, 4) is 5.75 Å². The fourth-order valence-corrected chi connectivity index (χ4v) is 2.66. The van der Waals surface area contributed by atoms with Gasteiger partial charge in [-0.25, -0.2) is 9.18 Å². The van der Waals surface area contributed by atoms with E-state index in [-0.39, 0.29) is 31.1 Å². The molecule has 2 aromatic rings. The van der Waals surface area contributed by atoms with Gasteiger partial charge >= 0.3 is 12.2 Å². The number of nitro groups is 1. The van der Waals surface area contributed by atoms with Crippen molar-refractivity contribution in [1.29, 1.82) is 0 Å². The third-order valence-corrected chi connectivity index (χ3v) is 4.22. The van der Waals surface area contributed by atoms with Gasteiger partial charge in [0.2, 0.25) is 0 Å². The minimum absolute atomic E-state index is 0.0307. The van der Waals surface area contributed by atoms with E-state index in [0.717, 1.165) is 12.1 Å². The predicted molar refractivity (Wildman–Crippen MR) is 104 cm³/mol. The Labute approximate surface area is 174 Å². The molecule has 2 rings (SSSR count). The standard InChI is InChI=1S/C19H20F4N4O4/c1-26(11-12-3-6-17(31-2)14(20)9-12)18(28)25-8-7-24-15-5-4-13(19(21,22)23)10-16(15)27(29)30/h3-6,9-10,24H,7-8,11H2,1-2H3,(H,25,28). The van der Waals surface area contributed by atoms with Gasteiger partial charge in [0, 0.05) is 32.7 Å². The molecule has 0 aromatic heterocycles. The maximum Gasteiger partial charge on any atom is 0.416 e. The first-order valence-electron chi connectivity index (χ1n) is 8.93. The molecule has 0 heterocycles. The number of ether oxygens (including phenoxy) is 1. The molecule has 0 atom stereocenters. The molecular formula is C19H20F4N4O4. The Bertz CT molecular complexity index is 953. The van der Waals surface area contributed by atoms with Gasteiger partial charge in [-0.15, -0.1) is 0 Å². The van der Waals surface area contributed by atoms with Gasteiger partial charge in [-0.05, 0) is 29.8 Å². The number of carbonyl (C=O) groups is 1. The van der Waals surface area contributed by atoms with Gasteiger partial charge in [-0.1, -0.05) is 6.07 Å². The molecule has 2 amide bonds. The minimum atomic E-state index is -4.70. The Morgan fingerprint density at radius 2 is 1.90 bits per heavy atom. The molecule has 0 fully saturated rings. The monoisotopic (exact) mass is 444 g/mol. The molecule has 0 unspecified atom stereocenters. The van der Waals surface area contributed by atoms with Crippen LogP contribution in [0.25, 0.3) is 0 Å². The van der Waals surface area contributed by atoms with Crippen LogP contribution >= 0.6 is 0 Å². The number of amides is 2. The Balaban J connectivity index is 1.88. The molecule has 168 valence electrons. The lowest BCUT2D eigenvalue weighted by atomic mass is 10.1. The number of rotatable bonds is 8. The van der Waals surface area contributed by atoms with Crippen LogP contribution in [-0.4, -0.2) is 43.1 Å². The average molecular weight is 444 g/mol. The van der Waals surface area contributed by atoms with Crippen molar-refractivity contribution in [2.45, 2.75) is 12.7 Å². The summed E-state index contributed by atoms with van der Waals surface area (Å²) in [5, 5.41) is 16.2. The number of methoxy groups -OCH3 is 1. The summed E-state index contributed by atoms with van der Waals surface area (Å²) in [6.07, 6.45) is -4.70. The molecule has 0 aliphatic carbocycles. The van der Waals surface area contributed by atoms with E-state index in [4.69, 9.17) is 4.74 Å². The smallest absolute Gasteiger partial charge is 0.416 e. The van der Waals surface area contributed by atoms with Crippen molar-refractivity contribution in [3.05, 3.63) is 63.5 Å². The zero-order chi connectivity index (χ0) is 23.2. The van der Waals surface area contributed by atoms with E-state index >= 15 is 0 Å². The molecular weight excluding hydrogens is 424 g/mol. The number of carbonyl (C=O) groups excluding carboxylic acids is 1. The quantitative estimate of drug-likeness (QED) is 0.278. The number of alkyl halides is 3. The van der Waals surface area contributed by atoms with Crippen molar-refractivity contribution in [2.75, 3.05) is 32.6 Å². The molecule has 0 bridgehead atoms. The SMILES string of the molecule is COc1ccc(CN(C)C(=O)NCCNc2ccc(C(F)(F)F)cc2[N+](=O)[O-])cc1F. The highest BCUT2D eigenvalue weighted by molar-refractivity contribution is 5.74. The molecule has 2 aromatic carbocycles. The molecule has 0 spiro atoms. The maximum absolute atomic E-state index is 13.7. The third kappa shape index (κ3) is 6.46. The van der Waals surface area contributed by atoms with Gasteiger partial charge in [0.05, 0.1) is 17.6 Å². The van der Waals surface area contributed by atoms with Crippen LogP contribution in [0.15, 0.2) is 36.4 Å². The first-order valence-corrected chi connectivity index (χ1v) is 8.93. The number of urea groups is 1. The van der Waals surface area contributed by atoms with Crippen LogP contribution in [0.3, 0.4) is 0 Å². The number of halogens is 4. The minimum Gasteiger partial charge on any atom is -0.494 e. The van der Waals surface area contributed by atoms with Gasteiger partial charge in [0.15, 0.2) is 11.6 Å². The third-order valence-electron chi connectivity index (χ3n) is 4.22. The molecule has 31 heavy (non-hydrogen) atoms. The Morgan fingerprint density at radius 3 is 2.48 bits per heavy atom. The molecule has 0 aliphatic rings. The van der Waals surface area contributed by atoms with E-state index in [1.165, 1.54) is 31.2 Å². The fourth-order valence-electron chi connectivity index (χ4n) is 2.66. The second-order valence-corrected chi connectivity index (χ2v) is 6.47. The summed E-state index contributed by atoms with van der Waals surface area (Å²) < 4.78 is 56.7. The summed E-state index contributed by atoms with van der Waals surface area (Å²) in [5.74, 6) is -0.476. The van der Waals surface area contributed by atoms with Crippen LogP contribution in [0.2, 0.25) is 0 Å². The fraction of sp³-hybridized carbons (Fsp3) is 0.316. The normalized spacial score (nSPS) is 11.0. The lowest BCUT2D eigenvalue weighted by Gasteiger charge is -2.18. The number of anilines is 1. The average Bonchev–Trinajstić information content (AvgIpc) is 2.70. The van der Waals surface area contributed by atoms with Gasteiger partial charge in [0.1, 0.15) is 5.69 Å². The molecule has 8 nitrogen and oxygen atoms in total. The van der Waals surface area contributed by atoms with Crippen LogP contribution < -0.4 is 15.4 Å². The van der Waals surface area contributed by atoms with E-state index in [2.05, 4.69) is 10.6 Å². The highest BCUT2D eigenvalue weighted by atomic mass is 19.4. The highest BCUT2D eigenvalue weighted by Crippen LogP contribution is 2.34. The second-order valence-electron chi connectivity index (χ2n) is 6.47. The first-order chi connectivity index (χ1) is 14.5. The molecule has 12 heteroatoms. The number of hydrogen-bond acceptors (Lipinski definition) is 5. The van der Waals surface area contributed by atoms with Crippen molar-refractivity contribution in [3.63, 3.8) is 0 Å². The molecule has 0 radical (unpaired) electrons. The topological polar surface area (TPSA) is 96.7 Å². The van der Waals surface area contributed by atoms with Gasteiger partial charge in [-0.2, -0.15) is 13.2 Å². The van der Waals surface area contributed by atoms with E-state index in [1.807, 2.05) is 0 Å². The second kappa shape index (κ2) is 9.96. The zero-order valence-corrected chi connectivity index (χ0v) is 16.6.